The Bertz CT molecular complexity index is 1260. The van der Waals surface area contributed by atoms with Crippen molar-refractivity contribution < 1.29 is 28.6 Å². The predicted molar refractivity (Wildman–Crippen MR) is 288 cm³/mol. The van der Waals surface area contributed by atoms with Crippen molar-refractivity contribution in [3.05, 3.63) is 72.9 Å². The molecule has 0 saturated carbocycles. The minimum Gasteiger partial charge on any atom is -0.462 e. The third-order valence-corrected chi connectivity index (χ3v) is 12.2. The zero-order chi connectivity index (χ0) is 48.6. The summed E-state index contributed by atoms with van der Waals surface area (Å²) in [6.07, 6.45) is 70.7. The van der Waals surface area contributed by atoms with Crippen LogP contribution >= 0.6 is 0 Å². The minimum absolute atomic E-state index is 0.106. The lowest BCUT2D eigenvalue weighted by molar-refractivity contribution is -0.166. The molecule has 6 nitrogen and oxygen atoms in total. The van der Waals surface area contributed by atoms with Crippen LogP contribution in [0.25, 0.3) is 0 Å². The molecule has 6 heteroatoms. The highest BCUT2D eigenvalue weighted by molar-refractivity contribution is 5.71. The summed E-state index contributed by atoms with van der Waals surface area (Å²) < 4.78 is 16.7. The summed E-state index contributed by atoms with van der Waals surface area (Å²) in [4.78, 5) is 38.0. The number of allylic oxidation sites excluding steroid dienone is 12. The molecule has 0 rings (SSSR count). The Morgan fingerprint density at radius 3 is 1.03 bits per heavy atom. The van der Waals surface area contributed by atoms with E-state index in [4.69, 9.17) is 14.2 Å². The molecule has 386 valence electrons. The molecule has 1 atom stereocenters. The second-order valence-corrected chi connectivity index (χ2v) is 18.8. The normalized spacial score (nSPS) is 12.6. The van der Waals surface area contributed by atoms with Crippen LogP contribution in [0.4, 0.5) is 0 Å². The van der Waals surface area contributed by atoms with Crippen LogP contribution in [-0.2, 0) is 28.6 Å². The van der Waals surface area contributed by atoms with Crippen molar-refractivity contribution in [2.75, 3.05) is 13.2 Å². The zero-order valence-corrected chi connectivity index (χ0v) is 44.2. The molecule has 0 aliphatic carbocycles. The average molecular weight is 936 g/mol. The van der Waals surface area contributed by atoms with Crippen LogP contribution in [-0.4, -0.2) is 37.2 Å². The lowest BCUT2D eigenvalue weighted by Crippen LogP contribution is -2.30. The van der Waals surface area contributed by atoms with Crippen LogP contribution in [0.1, 0.15) is 278 Å². The van der Waals surface area contributed by atoms with Crippen LogP contribution in [0.15, 0.2) is 72.9 Å². The fourth-order valence-electron chi connectivity index (χ4n) is 7.97. The largest absolute Gasteiger partial charge is 0.462 e. The van der Waals surface area contributed by atoms with Crippen molar-refractivity contribution in [1.29, 1.82) is 0 Å². The first-order chi connectivity index (χ1) is 33.0. The first kappa shape index (κ1) is 63.8. The molecular formula is C61H106O6. The van der Waals surface area contributed by atoms with Crippen LogP contribution in [0.2, 0.25) is 0 Å². The molecular weight excluding hydrogens is 829 g/mol. The molecule has 0 spiro atoms. The Kier molecular flexibility index (Phi) is 52.8. The monoisotopic (exact) mass is 935 g/mol. The number of ether oxygens (including phenoxy) is 3. The van der Waals surface area contributed by atoms with E-state index in [0.29, 0.717) is 19.3 Å². The number of carbonyl (C=O) groups excluding carboxylic acids is 3. The summed E-state index contributed by atoms with van der Waals surface area (Å²) in [7, 11) is 0. The molecule has 0 aliphatic heterocycles. The highest BCUT2D eigenvalue weighted by Gasteiger charge is 2.19. The van der Waals surface area contributed by atoms with Crippen molar-refractivity contribution in [2.45, 2.75) is 284 Å². The highest BCUT2D eigenvalue weighted by Crippen LogP contribution is 2.16. The second kappa shape index (κ2) is 55.4. The summed E-state index contributed by atoms with van der Waals surface area (Å²) in [5.41, 5.74) is 0. The van der Waals surface area contributed by atoms with Crippen molar-refractivity contribution in [3.8, 4) is 0 Å². The van der Waals surface area contributed by atoms with E-state index in [1.54, 1.807) is 0 Å². The summed E-state index contributed by atoms with van der Waals surface area (Å²) in [5.74, 6) is -0.997. The fourth-order valence-corrected chi connectivity index (χ4v) is 7.97. The van der Waals surface area contributed by atoms with Gasteiger partial charge < -0.3 is 14.2 Å². The van der Waals surface area contributed by atoms with E-state index in [0.717, 1.165) is 96.3 Å². The van der Waals surface area contributed by atoms with Crippen LogP contribution in [0.5, 0.6) is 0 Å². The van der Waals surface area contributed by atoms with E-state index >= 15 is 0 Å². The van der Waals surface area contributed by atoms with E-state index in [1.165, 1.54) is 135 Å². The standard InChI is InChI=1S/C61H106O6/c1-4-7-10-13-16-19-22-25-26-27-28-29-30-31-32-33-34-37-39-42-45-48-51-54-60(63)66-57-58(67-61(64)55-52-49-46-43-40-36-24-21-18-15-12-9-6-3)56-65-59(62)53-50-47-44-41-38-35-23-20-17-14-11-8-5-2/h9,11-12,14,18,20-21,23,36,40,46,49,58H,4-8,10,13,15-17,19,22,24-35,37-39,41-45,47-48,50-57H2,1-3H3/b12-9-,14-11-,21-18-,23-20-,40-36-,49-46-. The maximum atomic E-state index is 12.8. The Hall–Kier alpha value is -3.15. The smallest absolute Gasteiger partial charge is 0.306 e. The van der Waals surface area contributed by atoms with Gasteiger partial charge in [0.05, 0.1) is 0 Å². The topological polar surface area (TPSA) is 78.9 Å². The molecule has 0 amide bonds. The quantitative estimate of drug-likeness (QED) is 0.0262. The van der Waals surface area contributed by atoms with Crippen LogP contribution < -0.4 is 0 Å². The minimum atomic E-state index is -0.817. The van der Waals surface area contributed by atoms with Crippen molar-refractivity contribution in [2.24, 2.45) is 0 Å². The molecule has 0 N–H and O–H groups in total. The summed E-state index contributed by atoms with van der Waals surface area (Å²) >= 11 is 0. The number of unbranched alkanes of at least 4 members (excludes halogenated alkanes) is 28. The number of carbonyl (C=O) groups is 3. The molecule has 0 aromatic carbocycles. The Morgan fingerprint density at radius 2 is 0.642 bits per heavy atom. The van der Waals surface area contributed by atoms with Gasteiger partial charge in [-0.2, -0.15) is 0 Å². The first-order valence-corrected chi connectivity index (χ1v) is 28.4. The molecule has 0 fully saturated rings. The summed E-state index contributed by atoms with van der Waals surface area (Å²) in [6.45, 7) is 6.41. The predicted octanol–water partition coefficient (Wildman–Crippen LogP) is 19.0. The summed E-state index contributed by atoms with van der Waals surface area (Å²) in [5, 5.41) is 0. The van der Waals surface area contributed by atoms with Gasteiger partial charge in [0.25, 0.3) is 0 Å². The molecule has 0 heterocycles. The van der Waals surface area contributed by atoms with Crippen molar-refractivity contribution >= 4 is 17.9 Å². The maximum absolute atomic E-state index is 12.8. The third-order valence-electron chi connectivity index (χ3n) is 12.2. The number of hydrogen-bond acceptors (Lipinski definition) is 6. The van der Waals surface area contributed by atoms with Gasteiger partial charge in [0.15, 0.2) is 6.10 Å². The van der Waals surface area contributed by atoms with Gasteiger partial charge in [-0.15, -0.1) is 0 Å². The highest BCUT2D eigenvalue weighted by atomic mass is 16.6. The second-order valence-electron chi connectivity index (χ2n) is 18.8. The van der Waals surface area contributed by atoms with E-state index in [1.807, 2.05) is 12.2 Å². The van der Waals surface area contributed by atoms with Crippen LogP contribution in [0, 0.1) is 0 Å². The van der Waals surface area contributed by atoms with Gasteiger partial charge >= 0.3 is 17.9 Å². The van der Waals surface area contributed by atoms with Gasteiger partial charge in [-0.1, -0.05) is 261 Å². The molecule has 0 aromatic rings. The number of rotatable bonds is 51. The molecule has 0 aromatic heterocycles. The lowest BCUT2D eigenvalue weighted by Gasteiger charge is -2.18. The molecule has 0 bridgehead atoms. The van der Waals surface area contributed by atoms with Gasteiger partial charge in [-0.25, -0.2) is 0 Å². The number of hydrogen-bond donors (Lipinski definition) is 0. The summed E-state index contributed by atoms with van der Waals surface area (Å²) in [6, 6.07) is 0. The van der Waals surface area contributed by atoms with Gasteiger partial charge in [0.2, 0.25) is 0 Å². The Labute approximate surface area is 414 Å². The molecule has 0 saturated heterocycles. The molecule has 1 unspecified atom stereocenters. The Balaban J connectivity index is 4.31. The van der Waals surface area contributed by atoms with E-state index in [-0.39, 0.29) is 31.6 Å². The number of esters is 3. The van der Waals surface area contributed by atoms with Gasteiger partial charge in [0, 0.05) is 19.3 Å². The Morgan fingerprint density at radius 1 is 0.313 bits per heavy atom. The van der Waals surface area contributed by atoms with E-state index in [9.17, 15) is 14.4 Å². The fraction of sp³-hybridized carbons (Fsp3) is 0.754. The third kappa shape index (κ3) is 53.7. The SMILES string of the molecule is CC/C=C\C/C=C\C/C=C\C/C=C\CCC(=O)OC(COC(=O)CCCCCCC/C=C\C/C=C\CCC)COC(=O)CCCCCCCCCCCCCCCCCCCCCCCCC. The maximum Gasteiger partial charge on any atom is 0.306 e. The average Bonchev–Trinajstić information content (AvgIpc) is 3.33. The van der Waals surface area contributed by atoms with Gasteiger partial charge in [0.1, 0.15) is 13.2 Å². The zero-order valence-electron chi connectivity index (χ0n) is 44.2. The van der Waals surface area contributed by atoms with Crippen LogP contribution in [0.3, 0.4) is 0 Å². The van der Waals surface area contributed by atoms with Gasteiger partial charge in [-0.05, 0) is 70.6 Å². The lowest BCUT2D eigenvalue weighted by atomic mass is 10.0. The van der Waals surface area contributed by atoms with E-state index < -0.39 is 12.1 Å². The molecule has 0 radical (unpaired) electrons. The van der Waals surface area contributed by atoms with Crippen molar-refractivity contribution in [3.63, 3.8) is 0 Å². The first-order valence-electron chi connectivity index (χ1n) is 28.4. The van der Waals surface area contributed by atoms with Crippen molar-refractivity contribution in [1.82, 2.24) is 0 Å². The molecule has 67 heavy (non-hydrogen) atoms. The van der Waals surface area contributed by atoms with E-state index in [2.05, 4.69) is 81.5 Å². The van der Waals surface area contributed by atoms with Gasteiger partial charge in [-0.3, -0.25) is 14.4 Å². The molecule has 0 aliphatic rings.